The van der Waals surface area contributed by atoms with E-state index in [2.05, 4.69) is 22.0 Å². The topological polar surface area (TPSA) is 80.9 Å². The number of hydrogen-bond donors (Lipinski definition) is 0. The maximum absolute atomic E-state index is 13.0. The van der Waals surface area contributed by atoms with Crippen molar-refractivity contribution in [2.24, 2.45) is 0 Å². The van der Waals surface area contributed by atoms with E-state index in [0.717, 1.165) is 63.7 Å². The molecule has 3 rings (SSSR count). The number of benzene rings is 1. The van der Waals surface area contributed by atoms with Gasteiger partial charge in [-0.2, -0.15) is 4.98 Å². The van der Waals surface area contributed by atoms with Crippen molar-refractivity contribution >= 4 is 5.91 Å². The van der Waals surface area contributed by atoms with Crippen molar-refractivity contribution < 1.29 is 18.8 Å². The summed E-state index contributed by atoms with van der Waals surface area (Å²) in [6, 6.07) is 7.55. The SMILES string of the molecule is CCCCCCN(CCN1CCOCC1)C(=O)CCCc1nc(-c2ccc(OC)cc2)no1. The number of aryl methyl sites for hydroxylation is 1. The van der Waals surface area contributed by atoms with Crippen LogP contribution in [0.25, 0.3) is 11.4 Å². The molecule has 0 saturated carbocycles. The summed E-state index contributed by atoms with van der Waals surface area (Å²) in [5, 5.41) is 4.08. The molecule has 0 aliphatic carbocycles. The van der Waals surface area contributed by atoms with Crippen LogP contribution in [0.1, 0.15) is 51.3 Å². The Morgan fingerprint density at radius 2 is 1.88 bits per heavy atom. The number of unbranched alkanes of at least 4 members (excludes halogenated alkanes) is 3. The van der Waals surface area contributed by atoms with Crippen molar-refractivity contribution in [2.45, 2.75) is 51.9 Å². The number of carbonyl (C=O) groups is 1. The van der Waals surface area contributed by atoms with Crippen molar-refractivity contribution in [3.63, 3.8) is 0 Å². The van der Waals surface area contributed by atoms with E-state index in [1.807, 2.05) is 29.2 Å². The zero-order valence-electron chi connectivity index (χ0n) is 20.1. The lowest BCUT2D eigenvalue weighted by Crippen LogP contribution is -2.43. The molecule has 0 unspecified atom stereocenters. The van der Waals surface area contributed by atoms with E-state index in [1.165, 1.54) is 19.3 Å². The molecule has 1 aliphatic heterocycles. The molecule has 1 aliphatic rings. The van der Waals surface area contributed by atoms with Crippen LogP contribution in [-0.4, -0.2) is 78.9 Å². The summed E-state index contributed by atoms with van der Waals surface area (Å²) in [5.74, 6) is 2.13. The van der Waals surface area contributed by atoms with Gasteiger partial charge in [-0.25, -0.2) is 0 Å². The Kier molecular flexibility index (Phi) is 10.6. The van der Waals surface area contributed by atoms with Gasteiger partial charge < -0.3 is 18.9 Å². The number of ether oxygens (including phenoxy) is 2. The monoisotopic (exact) mass is 458 g/mol. The summed E-state index contributed by atoms with van der Waals surface area (Å²) in [5.41, 5.74) is 0.878. The predicted molar refractivity (Wildman–Crippen MR) is 127 cm³/mol. The first-order chi connectivity index (χ1) is 16.2. The largest absolute Gasteiger partial charge is 0.497 e. The van der Waals surface area contributed by atoms with Crippen LogP contribution < -0.4 is 4.74 Å². The summed E-state index contributed by atoms with van der Waals surface area (Å²) >= 11 is 0. The summed E-state index contributed by atoms with van der Waals surface area (Å²) in [6.45, 7) is 8.21. The van der Waals surface area contributed by atoms with Gasteiger partial charge in [0, 0.05) is 51.1 Å². The maximum Gasteiger partial charge on any atom is 0.226 e. The average Bonchev–Trinajstić information content (AvgIpc) is 3.33. The molecule has 1 fully saturated rings. The third-order valence-corrected chi connectivity index (χ3v) is 6.02. The molecule has 1 aromatic carbocycles. The van der Waals surface area contributed by atoms with Crippen LogP contribution >= 0.6 is 0 Å². The van der Waals surface area contributed by atoms with E-state index < -0.39 is 0 Å². The fourth-order valence-electron chi connectivity index (χ4n) is 3.94. The minimum absolute atomic E-state index is 0.217. The third-order valence-electron chi connectivity index (χ3n) is 6.02. The molecular weight excluding hydrogens is 420 g/mol. The molecule has 0 radical (unpaired) electrons. The molecule has 8 heteroatoms. The van der Waals surface area contributed by atoms with Crippen molar-refractivity contribution in [3.05, 3.63) is 30.2 Å². The molecule has 2 heterocycles. The highest BCUT2D eigenvalue weighted by molar-refractivity contribution is 5.76. The number of amides is 1. The van der Waals surface area contributed by atoms with Crippen LogP contribution in [0.15, 0.2) is 28.8 Å². The minimum Gasteiger partial charge on any atom is -0.497 e. The van der Waals surface area contributed by atoms with Crippen molar-refractivity contribution in [3.8, 4) is 17.1 Å². The smallest absolute Gasteiger partial charge is 0.226 e. The Balaban J connectivity index is 1.46. The van der Waals surface area contributed by atoms with Crippen LogP contribution in [0.5, 0.6) is 5.75 Å². The molecule has 182 valence electrons. The predicted octanol–water partition coefficient (Wildman–Crippen LogP) is 3.81. The quantitative estimate of drug-likeness (QED) is 0.398. The fourth-order valence-corrected chi connectivity index (χ4v) is 3.94. The summed E-state index contributed by atoms with van der Waals surface area (Å²) in [7, 11) is 1.64. The van der Waals surface area contributed by atoms with Crippen molar-refractivity contribution in [1.29, 1.82) is 0 Å². The molecular formula is C25H38N4O4. The molecule has 33 heavy (non-hydrogen) atoms. The Morgan fingerprint density at radius 3 is 2.61 bits per heavy atom. The fraction of sp³-hybridized carbons (Fsp3) is 0.640. The lowest BCUT2D eigenvalue weighted by atomic mass is 10.1. The molecule has 0 bridgehead atoms. The first-order valence-electron chi connectivity index (χ1n) is 12.2. The van der Waals surface area contributed by atoms with Crippen molar-refractivity contribution in [1.82, 2.24) is 19.9 Å². The van der Waals surface area contributed by atoms with Crippen LogP contribution in [0.3, 0.4) is 0 Å². The normalized spacial score (nSPS) is 14.4. The van der Waals surface area contributed by atoms with E-state index in [9.17, 15) is 4.79 Å². The maximum atomic E-state index is 13.0. The highest BCUT2D eigenvalue weighted by atomic mass is 16.5. The summed E-state index contributed by atoms with van der Waals surface area (Å²) in [6.07, 6.45) is 6.46. The summed E-state index contributed by atoms with van der Waals surface area (Å²) in [4.78, 5) is 21.9. The Labute approximate surface area is 197 Å². The van der Waals surface area contributed by atoms with Gasteiger partial charge in [-0.15, -0.1) is 0 Å². The molecule has 2 aromatic rings. The number of aromatic nitrogens is 2. The number of nitrogens with zero attached hydrogens (tertiary/aromatic N) is 4. The van der Waals surface area contributed by atoms with Crippen LogP contribution in [-0.2, 0) is 16.0 Å². The number of methoxy groups -OCH3 is 1. The molecule has 0 atom stereocenters. The molecule has 1 saturated heterocycles. The Bertz CT molecular complexity index is 818. The second kappa shape index (κ2) is 14.0. The van der Waals surface area contributed by atoms with Crippen LogP contribution in [0, 0.1) is 0 Å². The van der Waals surface area contributed by atoms with Gasteiger partial charge in [0.1, 0.15) is 5.75 Å². The average molecular weight is 459 g/mol. The van der Waals surface area contributed by atoms with E-state index in [0.29, 0.717) is 31.0 Å². The third kappa shape index (κ3) is 8.44. The second-order valence-electron chi connectivity index (χ2n) is 8.49. The van der Waals surface area contributed by atoms with E-state index in [4.69, 9.17) is 14.0 Å². The lowest BCUT2D eigenvalue weighted by Gasteiger charge is -2.30. The van der Waals surface area contributed by atoms with Crippen molar-refractivity contribution in [2.75, 3.05) is 53.0 Å². The standard InChI is InChI=1S/C25H38N4O4/c1-3-4-5-6-14-29(16-15-28-17-19-32-20-18-28)24(30)9-7-8-23-26-25(27-33-23)21-10-12-22(31-2)13-11-21/h10-13H,3-9,14-20H2,1-2H3. The van der Waals surface area contributed by atoms with Crippen LogP contribution in [0.2, 0.25) is 0 Å². The molecule has 8 nitrogen and oxygen atoms in total. The van der Waals surface area contributed by atoms with E-state index in [-0.39, 0.29) is 5.91 Å². The Morgan fingerprint density at radius 1 is 1.09 bits per heavy atom. The van der Waals surface area contributed by atoms with Gasteiger partial charge in [0.25, 0.3) is 0 Å². The number of carbonyl (C=O) groups excluding carboxylic acids is 1. The van der Waals surface area contributed by atoms with E-state index in [1.54, 1.807) is 7.11 Å². The highest BCUT2D eigenvalue weighted by Gasteiger charge is 2.17. The zero-order chi connectivity index (χ0) is 23.3. The first-order valence-corrected chi connectivity index (χ1v) is 12.2. The van der Waals surface area contributed by atoms with E-state index >= 15 is 0 Å². The first kappa shape index (κ1) is 25.2. The Hall–Kier alpha value is -2.45. The zero-order valence-corrected chi connectivity index (χ0v) is 20.1. The second-order valence-corrected chi connectivity index (χ2v) is 8.49. The molecule has 1 amide bonds. The number of rotatable bonds is 14. The van der Waals surface area contributed by atoms with Gasteiger partial charge in [0.05, 0.1) is 20.3 Å². The van der Waals surface area contributed by atoms with Gasteiger partial charge in [-0.3, -0.25) is 9.69 Å². The molecule has 1 aromatic heterocycles. The number of morpholine rings is 1. The number of hydrogen-bond acceptors (Lipinski definition) is 7. The van der Waals surface area contributed by atoms with Gasteiger partial charge in [0.15, 0.2) is 0 Å². The van der Waals surface area contributed by atoms with Gasteiger partial charge in [0.2, 0.25) is 17.6 Å². The van der Waals surface area contributed by atoms with Gasteiger partial charge in [-0.1, -0.05) is 31.3 Å². The summed E-state index contributed by atoms with van der Waals surface area (Å²) < 4.78 is 16.0. The molecule has 0 N–H and O–H groups in total. The van der Waals surface area contributed by atoms with Crippen LogP contribution in [0.4, 0.5) is 0 Å². The lowest BCUT2D eigenvalue weighted by molar-refractivity contribution is -0.131. The minimum atomic E-state index is 0.217. The van der Waals surface area contributed by atoms with Gasteiger partial charge in [-0.05, 0) is 37.1 Å². The molecule has 0 spiro atoms. The van der Waals surface area contributed by atoms with Gasteiger partial charge >= 0.3 is 0 Å². The highest BCUT2D eigenvalue weighted by Crippen LogP contribution is 2.20.